The second-order valence-corrected chi connectivity index (χ2v) is 4.22. The van der Waals surface area contributed by atoms with E-state index < -0.39 is 4.92 Å². The van der Waals surface area contributed by atoms with Crippen LogP contribution in [0.4, 0.5) is 11.5 Å². The quantitative estimate of drug-likeness (QED) is 0.673. The van der Waals surface area contributed by atoms with Gasteiger partial charge in [0, 0.05) is 24.2 Å². The first-order chi connectivity index (χ1) is 9.08. The first kappa shape index (κ1) is 12.9. The van der Waals surface area contributed by atoms with Crippen molar-refractivity contribution in [1.29, 1.82) is 0 Å². The number of nitrogens with one attached hydrogen (secondary N) is 1. The van der Waals surface area contributed by atoms with Crippen LogP contribution in [0.1, 0.15) is 24.2 Å². The van der Waals surface area contributed by atoms with Crippen LogP contribution in [0.2, 0.25) is 0 Å². The van der Waals surface area contributed by atoms with Gasteiger partial charge in [-0.3, -0.25) is 15.1 Å². The van der Waals surface area contributed by atoms with Gasteiger partial charge < -0.3 is 5.32 Å². The third kappa shape index (κ3) is 3.04. The fourth-order valence-corrected chi connectivity index (χ4v) is 1.74. The molecule has 0 aliphatic rings. The molecule has 0 aliphatic heterocycles. The lowest BCUT2D eigenvalue weighted by Crippen LogP contribution is -2.10. The molecule has 0 saturated carbocycles. The molecule has 1 atom stereocenters. The molecule has 0 radical (unpaired) electrons. The Bertz CT molecular complexity index is 586. The molecule has 0 saturated heterocycles. The minimum Gasteiger partial charge on any atom is -0.358 e. The minimum absolute atomic E-state index is 0.0218. The SMILES string of the molecule is Cc1ccc([N+](=O)[O-])c(NC(C)c2ccncc2)n1. The van der Waals surface area contributed by atoms with Gasteiger partial charge in [0.1, 0.15) is 0 Å². The molecule has 1 unspecified atom stereocenters. The second-order valence-electron chi connectivity index (χ2n) is 4.22. The van der Waals surface area contributed by atoms with Crippen molar-refractivity contribution < 1.29 is 4.92 Å². The Balaban J connectivity index is 2.28. The molecule has 2 aromatic rings. The fraction of sp³-hybridized carbons (Fsp3) is 0.231. The topological polar surface area (TPSA) is 81.0 Å². The lowest BCUT2D eigenvalue weighted by molar-refractivity contribution is -0.384. The van der Waals surface area contributed by atoms with Crippen LogP contribution in [0.15, 0.2) is 36.7 Å². The largest absolute Gasteiger partial charge is 0.358 e. The van der Waals surface area contributed by atoms with Crippen LogP contribution >= 0.6 is 0 Å². The Labute approximate surface area is 110 Å². The van der Waals surface area contributed by atoms with Crippen LogP contribution in [0.25, 0.3) is 0 Å². The number of nitrogens with zero attached hydrogens (tertiary/aromatic N) is 3. The van der Waals surface area contributed by atoms with E-state index in [2.05, 4.69) is 15.3 Å². The third-order valence-electron chi connectivity index (χ3n) is 2.77. The van der Waals surface area contributed by atoms with Gasteiger partial charge in [-0.25, -0.2) is 4.98 Å². The van der Waals surface area contributed by atoms with E-state index in [4.69, 9.17) is 0 Å². The number of pyridine rings is 2. The molecule has 2 heterocycles. The van der Waals surface area contributed by atoms with Crippen molar-refractivity contribution in [2.45, 2.75) is 19.9 Å². The van der Waals surface area contributed by atoms with Crippen molar-refractivity contribution in [1.82, 2.24) is 9.97 Å². The first-order valence-corrected chi connectivity index (χ1v) is 5.86. The van der Waals surface area contributed by atoms with Gasteiger partial charge in [-0.1, -0.05) is 0 Å². The average molecular weight is 258 g/mol. The Morgan fingerprint density at radius 2 is 1.95 bits per heavy atom. The summed E-state index contributed by atoms with van der Waals surface area (Å²) >= 11 is 0. The molecule has 0 aromatic carbocycles. The minimum atomic E-state index is -0.436. The van der Waals surface area contributed by atoms with E-state index in [0.29, 0.717) is 0 Å². The number of anilines is 1. The van der Waals surface area contributed by atoms with Crippen molar-refractivity contribution in [3.05, 3.63) is 58.0 Å². The number of rotatable bonds is 4. The Kier molecular flexibility index (Phi) is 3.70. The predicted octanol–water partition coefficient (Wildman–Crippen LogP) is 2.87. The Hall–Kier alpha value is -2.50. The number of aromatic nitrogens is 2. The van der Waals surface area contributed by atoms with Gasteiger partial charge in [-0.05, 0) is 37.6 Å². The fourth-order valence-electron chi connectivity index (χ4n) is 1.74. The first-order valence-electron chi connectivity index (χ1n) is 5.86. The summed E-state index contributed by atoms with van der Waals surface area (Å²) in [5.74, 6) is 0.286. The van der Waals surface area contributed by atoms with Crippen LogP contribution in [-0.4, -0.2) is 14.9 Å². The van der Waals surface area contributed by atoms with Gasteiger partial charge >= 0.3 is 5.69 Å². The zero-order chi connectivity index (χ0) is 13.8. The number of nitro groups is 1. The molecule has 1 N–H and O–H groups in total. The van der Waals surface area contributed by atoms with Crippen LogP contribution < -0.4 is 5.32 Å². The van der Waals surface area contributed by atoms with E-state index in [1.807, 2.05) is 19.1 Å². The molecular formula is C13H14N4O2. The number of aryl methyl sites for hydroxylation is 1. The van der Waals surface area contributed by atoms with Gasteiger partial charge in [-0.2, -0.15) is 0 Å². The van der Waals surface area contributed by atoms with Crippen molar-refractivity contribution in [3.63, 3.8) is 0 Å². The highest BCUT2D eigenvalue weighted by Crippen LogP contribution is 2.26. The lowest BCUT2D eigenvalue weighted by Gasteiger charge is -2.14. The third-order valence-corrected chi connectivity index (χ3v) is 2.77. The maximum absolute atomic E-state index is 11.0. The van der Waals surface area contributed by atoms with Crippen LogP contribution in [0, 0.1) is 17.0 Å². The Morgan fingerprint density at radius 1 is 1.26 bits per heavy atom. The Morgan fingerprint density at radius 3 is 2.58 bits per heavy atom. The second kappa shape index (κ2) is 5.43. The summed E-state index contributed by atoms with van der Waals surface area (Å²) in [6.07, 6.45) is 3.37. The summed E-state index contributed by atoms with van der Waals surface area (Å²) in [4.78, 5) is 18.7. The van der Waals surface area contributed by atoms with E-state index in [1.165, 1.54) is 6.07 Å². The van der Waals surface area contributed by atoms with Gasteiger partial charge in [0.05, 0.1) is 11.0 Å². The van der Waals surface area contributed by atoms with Gasteiger partial charge in [0.25, 0.3) is 0 Å². The van der Waals surface area contributed by atoms with Gasteiger partial charge in [0.2, 0.25) is 5.82 Å². The molecule has 2 rings (SSSR count). The summed E-state index contributed by atoms with van der Waals surface area (Å²) in [5.41, 5.74) is 1.70. The summed E-state index contributed by atoms with van der Waals surface area (Å²) in [5, 5.41) is 14.0. The van der Waals surface area contributed by atoms with Crippen LogP contribution in [-0.2, 0) is 0 Å². The summed E-state index contributed by atoms with van der Waals surface area (Å²) in [6.45, 7) is 3.72. The molecule has 0 amide bonds. The molecular weight excluding hydrogens is 244 g/mol. The molecule has 6 heteroatoms. The van der Waals surface area contributed by atoms with Gasteiger partial charge in [0.15, 0.2) is 0 Å². The maximum atomic E-state index is 11.0. The summed E-state index contributed by atoms with van der Waals surface area (Å²) in [7, 11) is 0. The highest BCUT2D eigenvalue weighted by molar-refractivity contribution is 5.57. The number of hydrogen-bond acceptors (Lipinski definition) is 5. The summed E-state index contributed by atoms with van der Waals surface area (Å²) in [6, 6.07) is 6.72. The van der Waals surface area contributed by atoms with E-state index in [9.17, 15) is 10.1 Å². The van der Waals surface area contributed by atoms with Crippen molar-refractivity contribution in [3.8, 4) is 0 Å². The zero-order valence-electron chi connectivity index (χ0n) is 10.7. The highest BCUT2D eigenvalue weighted by atomic mass is 16.6. The highest BCUT2D eigenvalue weighted by Gasteiger charge is 2.17. The molecule has 0 fully saturated rings. The molecule has 0 spiro atoms. The standard InChI is InChI=1S/C13H14N4O2/c1-9-3-4-12(17(18)19)13(15-9)16-10(2)11-5-7-14-8-6-11/h3-8,10H,1-2H3,(H,15,16). The van der Waals surface area contributed by atoms with E-state index >= 15 is 0 Å². The molecule has 0 bridgehead atoms. The van der Waals surface area contributed by atoms with Crippen LogP contribution in [0.5, 0.6) is 0 Å². The van der Waals surface area contributed by atoms with Crippen LogP contribution in [0.3, 0.4) is 0 Å². The van der Waals surface area contributed by atoms with Gasteiger partial charge in [-0.15, -0.1) is 0 Å². The molecule has 0 aliphatic carbocycles. The molecule has 98 valence electrons. The zero-order valence-corrected chi connectivity index (χ0v) is 10.7. The molecule has 2 aromatic heterocycles. The smallest absolute Gasteiger partial charge is 0.311 e. The summed E-state index contributed by atoms with van der Waals surface area (Å²) < 4.78 is 0. The predicted molar refractivity (Wildman–Crippen MR) is 71.9 cm³/mol. The van der Waals surface area contributed by atoms with E-state index in [-0.39, 0.29) is 17.5 Å². The average Bonchev–Trinajstić information content (AvgIpc) is 2.39. The molecule has 6 nitrogen and oxygen atoms in total. The van der Waals surface area contributed by atoms with Crippen molar-refractivity contribution >= 4 is 11.5 Å². The molecule has 19 heavy (non-hydrogen) atoms. The van der Waals surface area contributed by atoms with E-state index in [0.717, 1.165) is 11.3 Å². The lowest BCUT2D eigenvalue weighted by atomic mass is 10.1. The van der Waals surface area contributed by atoms with E-state index in [1.54, 1.807) is 25.4 Å². The van der Waals surface area contributed by atoms with Crippen molar-refractivity contribution in [2.24, 2.45) is 0 Å². The monoisotopic (exact) mass is 258 g/mol. The normalized spacial score (nSPS) is 11.9. The maximum Gasteiger partial charge on any atom is 0.311 e. The van der Waals surface area contributed by atoms with Crippen molar-refractivity contribution in [2.75, 3.05) is 5.32 Å². The number of hydrogen-bond donors (Lipinski definition) is 1.